The van der Waals surface area contributed by atoms with Gasteiger partial charge >= 0.3 is 0 Å². The number of amides is 1. The van der Waals surface area contributed by atoms with E-state index in [1.807, 2.05) is 18.4 Å². The lowest BCUT2D eigenvalue weighted by molar-refractivity contribution is -0.118. The molecule has 5 nitrogen and oxygen atoms in total. The molecular formula is C14H17FN4OS. The van der Waals surface area contributed by atoms with Crippen LogP contribution in [0.4, 0.5) is 4.39 Å². The molecule has 0 bridgehead atoms. The number of hydrogen-bond acceptors (Lipinski definition) is 4. The minimum Gasteiger partial charge on any atom is -0.351 e. The number of hydrogen-bond donors (Lipinski definition) is 1. The highest BCUT2D eigenvalue weighted by atomic mass is 32.2. The lowest BCUT2D eigenvalue weighted by atomic mass is 10.2. The minimum absolute atomic E-state index is 0.0902. The van der Waals surface area contributed by atoms with Gasteiger partial charge in [0.1, 0.15) is 11.6 Å². The van der Waals surface area contributed by atoms with Crippen LogP contribution in [0.5, 0.6) is 0 Å². The number of halogens is 1. The Labute approximate surface area is 127 Å². The van der Waals surface area contributed by atoms with Crippen molar-refractivity contribution in [2.75, 3.05) is 5.75 Å². The average Bonchev–Trinajstić information content (AvgIpc) is 2.84. The van der Waals surface area contributed by atoms with Crippen molar-refractivity contribution in [1.82, 2.24) is 20.1 Å². The maximum Gasteiger partial charge on any atom is 0.230 e. The Kier molecular flexibility index (Phi) is 5.32. The van der Waals surface area contributed by atoms with Gasteiger partial charge < -0.3 is 9.88 Å². The lowest BCUT2D eigenvalue weighted by Crippen LogP contribution is -2.24. The molecule has 1 amide bonds. The van der Waals surface area contributed by atoms with Gasteiger partial charge in [-0.2, -0.15) is 0 Å². The van der Waals surface area contributed by atoms with E-state index < -0.39 is 0 Å². The summed E-state index contributed by atoms with van der Waals surface area (Å²) in [6.07, 6.45) is 0. The number of aromatic nitrogens is 3. The summed E-state index contributed by atoms with van der Waals surface area (Å²) in [4.78, 5) is 11.8. The first-order valence-electron chi connectivity index (χ1n) is 6.64. The number of nitrogens with one attached hydrogen (secondary N) is 1. The normalized spacial score (nSPS) is 10.6. The van der Waals surface area contributed by atoms with Crippen LogP contribution in [-0.2, 0) is 17.9 Å². The molecule has 1 aromatic heterocycles. The third-order valence-corrected chi connectivity index (χ3v) is 3.92. The zero-order valence-corrected chi connectivity index (χ0v) is 12.8. The average molecular weight is 308 g/mol. The van der Waals surface area contributed by atoms with Crippen molar-refractivity contribution >= 4 is 17.7 Å². The summed E-state index contributed by atoms with van der Waals surface area (Å²) in [6, 6.07) is 6.06. The molecular weight excluding hydrogens is 291 g/mol. The highest BCUT2D eigenvalue weighted by molar-refractivity contribution is 7.99. The van der Waals surface area contributed by atoms with E-state index in [1.54, 1.807) is 12.1 Å². The molecule has 0 radical (unpaired) electrons. The topological polar surface area (TPSA) is 59.8 Å². The molecule has 1 aromatic carbocycles. The van der Waals surface area contributed by atoms with E-state index in [-0.39, 0.29) is 17.5 Å². The number of carbonyl (C=O) groups excluding carboxylic acids is 1. The van der Waals surface area contributed by atoms with E-state index in [9.17, 15) is 9.18 Å². The highest BCUT2D eigenvalue weighted by Crippen LogP contribution is 2.16. The zero-order valence-electron chi connectivity index (χ0n) is 12.0. The van der Waals surface area contributed by atoms with Crippen molar-refractivity contribution in [3.05, 3.63) is 41.5 Å². The summed E-state index contributed by atoms with van der Waals surface area (Å²) in [7, 11) is 0. The summed E-state index contributed by atoms with van der Waals surface area (Å²) >= 11 is 1.36. The number of thioether (sulfide) groups is 1. The maximum absolute atomic E-state index is 12.8. The fourth-order valence-electron chi connectivity index (χ4n) is 1.82. The summed E-state index contributed by atoms with van der Waals surface area (Å²) in [5, 5.41) is 11.6. The first-order valence-corrected chi connectivity index (χ1v) is 7.62. The molecule has 0 aliphatic heterocycles. The van der Waals surface area contributed by atoms with Crippen LogP contribution in [-0.4, -0.2) is 26.4 Å². The predicted molar refractivity (Wildman–Crippen MR) is 79.4 cm³/mol. The van der Waals surface area contributed by atoms with Crippen LogP contribution in [0.2, 0.25) is 0 Å². The maximum atomic E-state index is 12.8. The molecule has 112 valence electrons. The van der Waals surface area contributed by atoms with Gasteiger partial charge in [-0.15, -0.1) is 10.2 Å². The van der Waals surface area contributed by atoms with Gasteiger partial charge in [-0.05, 0) is 31.5 Å². The third kappa shape index (κ3) is 4.29. The van der Waals surface area contributed by atoms with E-state index >= 15 is 0 Å². The minimum atomic E-state index is -0.282. The van der Waals surface area contributed by atoms with Gasteiger partial charge in [-0.1, -0.05) is 23.9 Å². The van der Waals surface area contributed by atoms with Crippen LogP contribution in [0.25, 0.3) is 0 Å². The van der Waals surface area contributed by atoms with Crippen LogP contribution in [0.15, 0.2) is 29.4 Å². The number of nitrogens with zero attached hydrogens (tertiary/aromatic N) is 3. The van der Waals surface area contributed by atoms with Gasteiger partial charge in [0.05, 0.1) is 5.75 Å². The van der Waals surface area contributed by atoms with Crippen molar-refractivity contribution in [3.8, 4) is 0 Å². The fraction of sp³-hybridized carbons (Fsp3) is 0.357. The summed E-state index contributed by atoms with van der Waals surface area (Å²) in [6.45, 7) is 5.06. The highest BCUT2D eigenvalue weighted by Gasteiger charge is 2.10. The first kappa shape index (κ1) is 15.5. The molecule has 0 aliphatic rings. The SMILES string of the molecule is CCn1c(C)nnc1SCC(=O)NCc1ccc(F)cc1. The van der Waals surface area contributed by atoms with Crippen LogP contribution in [0.3, 0.4) is 0 Å². The molecule has 2 rings (SSSR count). The quantitative estimate of drug-likeness (QED) is 0.831. The van der Waals surface area contributed by atoms with Crippen molar-refractivity contribution in [2.45, 2.75) is 32.1 Å². The molecule has 0 aliphatic carbocycles. The van der Waals surface area contributed by atoms with Gasteiger partial charge in [0.25, 0.3) is 0 Å². The van der Waals surface area contributed by atoms with Gasteiger partial charge in [0.2, 0.25) is 5.91 Å². The second-order valence-corrected chi connectivity index (χ2v) is 5.41. The molecule has 0 spiro atoms. The Bertz CT molecular complexity index is 612. The van der Waals surface area contributed by atoms with E-state index in [0.29, 0.717) is 6.54 Å². The molecule has 0 saturated heterocycles. The van der Waals surface area contributed by atoms with Crippen LogP contribution >= 0.6 is 11.8 Å². The van der Waals surface area contributed by atoms with Gasteiger partial charge in [0, 0.05) is 13.1 Å². The smallest absolute Gasteiger partial charge is 0.230 e. The van der Waals surface area contributed by atoms with Crippen LogP contribution in [0.1, 0.15) is 18.3 Å². The Morgan fingerprint density at radius 2 is 2.05 bits per heavy atom. The Hall–Kier alpha value is -1.89. The molecule has 0 atom stereocenters. The van der Waals surface area contributed by atoms with E-state index in [4.69, 9.17) is 0 Å². The lowest BCUT2D eigenvalue weighted by Gasteiger charge is -2.06. The molecule has 0 fully saturated rings. The number of aryl methyl sites for hydroxylation is 1. The zero-order chi connectivity index (χ0) is 15.2. The van der Waals surface area contributed by atoms with E-state index in [0.717, 1.165) is 23.1 Å². The van der Waals surface area contributed by atoms with Crippen LogP contribution < -0.4 is 5.32 Å². The largest absolute Gasteiger partial charge is 0.351 e. The summed E-state index contributed by atoms with van der Waals surface area (Å²) in [5.41, 5.74) is 0.863. The molecule has 21 heavy (non-hydrogen) atoms. The number of carbonyl (C=O) groups is 1. The molecule has 0 saturated carbocycles. The Morgan fingerprint density at radius 1 is 1.33 bits per heavy atom. The number of benzene rings is 1. The van der Waals surface area contributed by atoms with Crippen molar-refractivity contribution < 1.29 is 9.18 Å². The summed E-state index contributed by atoms with van der Waals surface area (Å²) in [5.74, 6) is 0.744. The van der Waals surface area contributed by atoms with Crippen molar-refractivity contribution in [2.24, 2.45) is 0 Å². The molecule has 0 unspecified atom stereocenters. The fourth-order valence-corrected chi connectivity index (χ4v) is 2.69. The summed E-state index contributed by atoms with van der Waals surface area (Å²) < 4.78 is 14.7. The second-order valence-electron chi connectivity index (χ2n) is 4.47. The molecule has 2 aromatic rings. The third-order valence-electron chi connectivity index (χ3n) is 2.95. The first-order chi connectivity index (χ1) is 10.1. The molecule has 1 heterocycles. The van der Waals surface area contributed by atoms with Crippen molar-refractivity contribution in [3.63, 3.8) is 0 Å². The van der Waals surface area contributed by atoms with Crippen molar-refractivity contribution in [1.29, 1.82) is 0 Å². The van der Waals surface area contributed by atoms with E-state index in [1.165, 1.54) is 23.9 Å². The molecule has 1 N–H and O–H groups in total. The molecule has 7 heteroatoms. The Morgan fingerprint density at radius 3 is 2.71 bits per heavy atom. The van der Waals surface area contributed by atoms with Gasteiger partial charge in [0.15, 0.2) is 5.16 Å². The standard InChI is InChI=1S/C14H17FN4OS/c1-3-19-10(2)17-18-14(19)21-9-13(20)16-8-11-4-6-12(15)7-5-11/h4-7H,3,8-9H2,1-2H3,(H,16,20). The van der Waals surface area contributed by atoms with Crippen LogP contribution in [0, 0.1) is 12.7 Å². The second kappa shape index (κ2) is 7.21. The number of rotatable bonds is 6. The van der Waals surface area contributed by atoms with Gasteiger partial charge in [-0.3, -0.25) is 4.79 Å². The van der Waals surface area contributed by atoms with Gasteiger partial charge in [-0.25, -0.2) is 4.39 Å². The predicted octanol–water partition coefficient (Wildman–Crippen LogP) is 2.15. The van der Waals surface area contributed by atoms with E-state index in [2.05, 4.69) is 15.5 Å². The monoisotopic (exact) mass is 308 g/mol. The Balaban J connectivity index is 1.81.